The highest BCUT2D eigenvalue weighted by Gasteiger charge is 2.04. The molecule has 1 rings (SSSR count). The van der Waals surface area contributed by atoms with E-state index >= 15 is 0 Å². The summed E-state index contributed by atoms with van der Waals surface area (Å²) in [5.41, 5.74) is 1.02. The van der Waals surface area contributed by atoms with Gasteiger partial charge in [0, 0.05) is 20.1 Å². The Morgan fingerprint density at radius 3 is 2.47 bits per heavy atom. The molecule has 0 fully saturated rings. The molecule has 0 aliphatic carbocycles. The maximum Gasteiger partial charge on any atom is 0.120 e. The second-order valence-electron chi connectivity index (χ2n) is 2.93. The topological polar surface area (TPSA) is 17.1 Å². The van der Waals surface area contributed by atoms with Crippen molar-refractivity contribution < 1.29 is 4.79 Å². The fraction of sp³-hybridized carbons (Fsp3) is 0.182. The molecule has 0 spiro atoms. The average Bonchev–Trinajstić information content (AvgIpc) is 2.26. The highest BCUT2D eigenvalue weighted by molar-refractivity contribution is 14.1. The van der Waals surface area contributed by atoms with Gasteiger partial charge in [-0.25, -0.2) is 0 Å². The Kier molecular flexibility index (Phi) is 5.64. The summed E-state index contributed by atoms with van der Waals surface area (Å²) in [6.07, 6.45) is 1.92. The van der Waals surface area contributed by atoms with Gasteiger partial charge in [-0.05, 0) is 46.7 Å². The van der Waals surface area contributed by atoms with Crippen LogP contribution < -0.4 is 0 Å². The van der Waals surface area contributed by atoms with E-state index in [0.717, 1.165) is 15.4 Å². The van der Waals surface area contributed by atoms with E-state index < -0.39 is 0 Å². The van der Waals surface area contributed by atoms with Gasteiger partial charge in [0.15, 0.2) is 0 Å². The van der Waals surface area contributed by atoms with Gasteiger partial charge in [0.25, 0.3) is 0 Å². The van der Waals surface area contributed by atoms with Gasteiger partial charge in [-0.1, -0.05) is 35.3 Å². The quantitative estimate of drug-likeness (QED) is 0.567. The van der Waals surface area contributed by atoms with Crippen LogP contribution in [-0.4, -0.2) is 6.29 Å². The van der Waals surface area contributed by atoms with Crippen LogP contribution in [0.3, 0.4) is 0 Å². The molecule has 0 amide bonds. The second-order valence-corrected chi connectivity index (χ2v) is 4.90. The molecule has 80 valence electrons. The van der Waals surface area contributed by atoms with Crippen LogP contribution in [0.1, 0.15) is 18.4 Å². The maximum atomic E-state index is 10.2. The first-order chi connectivity index (χ1) is 7.15. The van der Waals surface area contributed by atoms with Crippen molar-refractivity contribution in [3.8, 4) is 0 Å². The molecule has 0 bridgehead atoms. The number of allylic oxidation sites excluding steroid dienone is 1. The summed E-state index contributed by atoms with van der Waals surface area (Å²) in [5, 5.41) is 1.41. The first kappa shape index (κ1) is 13.0. The molecule has 0 saturated carbocycles. The van der Waals surface area contributed by atoms with E-state index in [1.54, 1.807) is 0 Å². The normalized spacial score (nSPS) is 12.2. The highest BCUT2D eigenvalue weighted by Crippen LogP contribution is 2.30. The minimum absolute atomic E-state index is 0.457. The molecule has 0 aliphatic heterocycles. The van der Waals surface area contributed by atoms with Gasteiger partial charge < -0.3 is 4.79 Å². The number of carbonyl (C=O) groups is 1. The van der Waals surface area contributed by atoms with E-state index in [1.807, 2.05) is 24.3 Å². The average molecular weight is 355 g/mol. The molecule has 1 aromatic carbocycles. The van der Waals surface area contributed by atoms with Crippen molar-refractivity contribution in [2.24, 2.45) is 0 Å². The maximum absolute atomic E-state index is 10.2. The fourth-order valence-corrected chi connectivity index (χ4v) is 2.02. The van der Waals surface area contributed by atoms with E-state index in [2.05, 4.69) is 22.6 Å². The van der Waals surface area contributed by atoms with E-state index in [-0.39, 0.29) is 0 Å². The molecular formula is C11H9Cl2IO. The largest absolute Gasteiger partial charge is 0.303 e. The van der Waals surface area contributed by atoms with Crippen molar-refractivity contribution in [1.29, 1.82) is 0 Å². The van der Waals surface area contributed by atoms with Gasteiger partial charge in [-0.15, -0.1) is 0 Å². The zero-order chi connectivity index (χ0) is 11.3. The third-order valence-corrected chi connectivity index (χ3v) is 4.04. The molecule has 0 saturated heterocycles. The Bertz CT molecular complexity index is 371. The summed E-state index contributed by atoms with van der Waals surface area (Å²) in [6.45, 7) is 0. The lowest BCUT2D eigenvalue weighted by Crippen LogP contribution is -1.82. The number of hydrogen-bond donors (Lipinski definition) is 0. The lowest BCUT2D eigenvalue weighted by molar-refractivity contribution is -0.107. The summed E-state index contributed by atoms with van der Waals surface area (Å²) < 4.78 is 0.966. The zero-order valence-electron chi connectivity index (χ0n) is 7.84. The van der Waals surface area contributed by atoms with Crippen molar-refractivity contribution in [2.75, 3.05) is 0 Å². The van der Waals surface area contributed by atoms with Crippen molar-refractivity contribution >= 4 is 55.7 Å². The third-order valence-electron chi connectivity index (χ3n) is 1.82. The van der Waals surface area contributed by atoms with Gasteiger partial charge in [0.1, 0.15) is 6.29 Å². The highest BCUT2D eigenvalue weighted by atomic mass is 127. The minimum atomic E-state index is 0.457. The molecule has 0 N–H and O–H groups in total. The molecule has 4 heteroatoms. The number of carbonyl (C=O) groups excluding carboxylic acids is 1. The van der Waals surface area contributed by atoms with E-state index in [0.29, 0.717) is 22.9 Å². The molecule has 15 heavy (non-hydrogen) atoms. The predicted molar refractivity (Wildman–Crippen MR) is 73.5 cm³/mol. The third kappa shape index (κ3) is 4.13. The predicted octanol–water partition coefficient (Wildman–Crippen LogP) is 4.66. The number of halogens is 3. The van der Waals surface area contributed by atoms with Crippen LogP contribution in [0.4, 0.5) is 0 Å². The smallest absolute Gasteiger partial charge is 0.120 e. The fourth-order valence-electron chi connectivity index (χ4n) is 1.05. The first-order valence-corrected chi connectivity index (χ1v) is 6.22. The van der Waals surface area contributed by atoms with Crippen molar-refractivity contribution in [1.82, 2.24) is 0 Å². The van der Waals surface area contributed by atoms with Crippen LogP contribution in [0.5, 0.6) is 0 Å². The van der Waals surface area contributed by atoms with Gasteiger partial charge in [-0.3, -0.25) is 0 Å². The Labute approximate surface area is 113 Å². The Morgan fingerprint density at radius 1 is 1.33 bits per heavy atom. The van der Waals surface area contributed by atoms with Crippen molar-refractivity contribution in [3.05, 3.63) is 39.9 Å². The van der Waals surface area contributed by atoms with E-state index in [4.69, 9.17) is 23.2 Å². The van der Waals surface area contributed by atoms with Crippen LogP contribution in [0.25, 0.3) is 3.58 Å². The van der Waals surface area contributed by atoms with Crippen LogP contribution in [0.2, 0.25) is 5.02 Å². The molecule has 0 aliphatic rings. The van der Waals surface area contributed by atoms with Gasteiger partial charge in [0.05, 0.1) is 0 Å². The van der Waals surface area contributed by atoms with Crippen LogP contribution >= 0.6 is 45.8 Å². The van der Waals surface area contributed by atoms with E-state index in [1.165, 1.54) is 0 Å². The SMILES string of the molecule is O=CCC/C(Cl)=C(/I)c1ccc(Cl)cc1. The second kappa shape index (κ2) is 6.51. The molecular weight excluding hydrogens is 346 g/mol. The lowest BCUT2D eigenvalue weighted by Gasteiger charge is -2.03. The Hall–Kier alpha value is -0.0600. The molecule has 1 nitrogen and oxygen atoms in total. The van der Waals surface area contributed by atoms with Gasteiger partial charge >= 0.3 is 0 Å². The zero-order valence-corrected chi connectivity index (χ0v) is 11.5. The Morgan fingerprint density at radius 2 is 1.93 bits per heavy atom. The number of rotatable bonds is 4. The monoisotopic (exact) mass is 354 g/mol. The summed E-state index contributed by atoms with van der Waals surface area (Å²) >= 11 is 14.0. The summed E-state index contributed by atoms with van der Waals surface area (Å²) in [6, 6.07) is 7.46. The molecule has 0 aromatic heterocycles. The van der Waals surface area contributed by atoms with E-state index in [9.17, 15) is 4.79 Å². The Balaban J connectivity index is 2.86. The number of aldehydes is 1. The summed E-state index contributed by atoms with van der Waals surface area (Å²) in [7, 11) is 0. The van der Waals surface area contributed by atoms with Crippen LogP contribution in [0, 0.1) is 0 Å². The molecule has 0 radical (unpaired) electrons. The van der Waals surface area contributed by atoms with Crippen molar-refractivity contribution in [2.45, 2.75) is 12.8 Å². The first-order valence-electron chi connectivity index (χ1n) is 4.39. The number of hydrogen-bond acceptors (Lipinski definition) is 1. The molecule has 0 heterocycles. The van der Waals surface area contributed by atoms with Gasteiger partial charge in [0.2, 0.25) is 0 Å². The summed E-state index contributed by atoms with van der Waals surface area (Å²) in [5.74, 6) is 0. The summed E-state index contributed by atoms with van der Waals surface area (Å²) in [4.78, 5) is 10.2. The van der Waals surface area contributed by atoms with Crippen LogP contribution in [-0.2, 0) is 4.79 Å². The molecule has 0 unspecified atom stereocenters. The minimum Gasteiger partial charge on any atom is -0.303 e. The molecule has 1 aromatic rings. The molecule has 0 atom stereocenters. The van der Waals surface area contributed by atoms with Gasteiger partial charge in [-0.2, -0.15) is 0 Å². The standard InChI is InChI=1S/C11H9Cl2IO/c12-9-5-3-8(4-6-9)11(14)10(13)2-1-7-15/h3-7H,1-2H2/b11-10-. The lowest BCUT2D eigenvalue weighted by atomic mass is 10.2. The van der Waals surface area contributed by atoms with Crippen LogP contribution in [0.15, 0.2) is 29.3 Å². The number of benzene rings is 1. The van der Waals surface area contributed by atoms with Crippen molar-refractivity contribution in [3.63, 3.8) is 0 Å².